The van der Waals surface area contributed by atoms with Gasteiger partial charge in [0.15, 0.2) is 11.6 Å². The standard InChI is InChI=1S/C13H14BF6O.K/c15-11-4-3-10(14(18,19)20)6-12(11)21-8-9-2-1-5-13(16,17)7-9;/h3-4,6,9H,1-2,5,7-8H2;/q-1;+1. The monoisotopic (exact) mass is 350 g/mol. The van der Waals surface area contributed by atoms with Crippen LogP contribution in [0.2, 0.25) is 0 Å². The Morgan fingerprint density at radius 1 is 1.23 bits per heavy atom. The van der Waals surface area contributed by atoms with Gasteiger partial charge in [0.2, 0.25) is 5.92 Å². The molecule has 1 nitrogen and oxygen atoms in total. The van der Waals surface area contributed by atoms with Crippen molar-refractivity contribution in [2.45, 2.75) is 31.6 Å². The van der Waals surface area contributed by atoms with Gasteiger partial charge in [0.1, 0.15) is 0 Å². The van der Waals surface area contributed by atoms with E-state index in [0.717, 1.165) is 0 Å². The van der Waals surface area contributed by atoms with Gasteiger partial charge >= 0.3 is 58.4 Å². The molecule has 22 heavy (non-hydrogen) atoms. The Bertz CT molecular complexity index is 508. The average molecular weight is 350 g/mol. The fourth-order valence-electron chi connectivity index (χ4n) is 2.46. The van der Waals surface area contributed by atoms with Crippen molar-refractivity contribution in [3.05, 3.63) is 24.0 Å². The minimum Gasteiger partial charge on any atom is -0.490 e. The van der Waals surface area contributed by atoms with Gasteiger partial charge in [0.05, 0.1) is 6.61 Å². The van der Waals surface area contributed by atoms with Gasteiger partial charge in [-0.25, -0.2) is 13.2 Å². The number of rotatable bonds is 4. The number of halogens is 6. The Labute approximate surface area is 167 Å². The van der Waals surface area contributed by atoms with Gasteiger partial charge in [-0.05, 0) is 30.9 Å². The summed E-state index contributed by atoms with van der Waals surface area (Å²) in [4.78, 5) is 0. The van der Waals surface area contributed by atoms with Crippen LogP contribution in [0.15, 0.2) is 18.2 Å². The minimum absolute atomic E-state index is 0. The first-order chi connectivity index (χ1) is 9.67. The smallest absolute Gasteiger partial charge is 0.490 e. The van der Waals surface area contributed by atoms with Crippen molar-refractivity contribution in [3.8, 4) is 5.75 Å². The van der Waals surface area contributed by atoms with E-state index in [0.29, 0.717) is 31.0 Å². The predicted molar refractivity (Wildman–Crippen MR) is 67.5 cm³/mol. The summed E-state index contributed by atoms with van der Waals surface area (Å²) >= 11 is 0. The van der Waals surface area contributed by atoms with Crippen LogP contribution >= 0.6 is 0 Å². The van der Waals surface area contributed by atoms with Crippen molar-refractivity contribution >= 4 is 12.4 Å². The Kier molecular flexibility index (Phi) is 7.32. The van der Waals surface area contributed by atoms with Crippen molar-refractivity contribution in [3.63, 3.8) is 0 Å². The number of benzene rings is 1. The number of ether oxygens (including phenoxy) is 1. The molecule has 1 aliphatic rings. The summed E-state index contributed by atoms with van der Waals surface area (Å²) in [7, 11) is 0. The van der Waals surface area contributed by atoms with E-state index in [2.05, 4.69) is 0 Å². The molecule has 1 saturated carbocycles. The van der Waals surface area contributed by atoms with E-state index in [1.165, 1.54) is 0 Å². The fraction of sp³-hybridized carbons (Fsp3) is 0.538. The third-order valence-corrected chi connectivity index (χ3v) is 3.55. The Morgan fingerprint density at radius 2 is 1.91 bits per heavy atom. The fourth-order valence-corrected chi connectivity index (χ4v) is 2.46. The van der Waals surface area contributed by atoms with E-state index in [1.54, 1.807) is 0 Å². The maximum atomic E-state index is 13.4. The maximum Gasteiger partial charge on any atom is 1.00 e. The van der Waals surface area contributed by atoms with Crippen LogP contribution in [-0.4, -0.2) is 19.5 Å². The molecule has 118 valence electrons. The summed E-state index contributed by atoms with van der Waals surface area (Å²) in [5.74, 6) is -4.72. The van der Waals surface area contributed by atoms with Gasteiger partial charge in [0, 0.05) is 12.8 Å². The molecule has 1 aromatic rings. The Balaban J connectivity index is 0.00000242. The molecule has 0 heterocycles. The molecule has 1 aromatic carbocycles. The zero-order valence-electron chi connectivity index (χ0n) is 12.1. The Hall–Kier alpha value is 0.301. The van der Waals surface area contributed by atoms with E-state index in [9.17, 15) is 26.1 Å². The summed E-state index contributed by atoms with van der Waals surface area (Å²) in [6.45, 7) is -5.46. The van der Waals surface area contributed by atoms with E-state index < -0.39 is 35.8 Å². The second-order valence-corrected chi connectivity index (χ2v) is 5.39. The molecule has 1 unspecified atom stereocenters. The molecule has 1 fully saturated rings. The van der Waals surface area contributed by atoms with E-state index in [1.807, 2.05) is 0 Å². The van der Waals surface area contributed by atoms with Crippen LogP contribution in [0.5, 0.6) is 5.75 Å². The average Bonchev–Trinajstić information content (AvgIpc) is 2.35. The molecular weight excluding hydrogens is 336 g/mol. The van der Waals surface area contributed by atoms with Gasteiger partial charge in [-0.15, -0.1) is 5.46 Å². The molecule has 0 aromatic heterocycles. The first kappa shape index (κ1) is 20.3. The zero-order valence-corrected chi connectivity index (χ0v) is 15.2. The second-order valence-electron chi connectivity index (χ2n) is 5.39. The topological polar surface area (TPSA) is 9.23 Å². The van der Waals surface area contributed by atoms with Crippen molar-refractivity contribution in [1.29, 1.82) is 0 Å². The third kappa shape index (κ3) is 5.74. The van der Waals surface area contributed by atoms with Gasteiger partial charge < -0.3 is 17.7 Å². The van der Waals surface area contributed by atoms with Crippen LogP contribution in [0.1, 0.15) is 25.7 Å². The molecule has 9 heteroatoms. The first-order valence-corrected chi connectivity index (χ1v) is 6.67. The molecule has 1 aliphatic carbocycles. The summed E-state index contributed by atoms with van der Waals surface area (Å²) < 4.78 is 82.6. The summed E-state index contributed by atoms with van der Waals surface area (Å²) in [5.41, 5.74) is -0.972. The van der Waals surface area contributed by atoms with E-state index >= 15 is 0 Å². The minimum atomic E-state index is -5.25. The molecule has 0 saturated heterocycles. The van der Waals surface area contributed by atoms with Gasteiger partial charge in [0.25, 0.3) is 0 Å². The van der Waals surface area contributed by atoms with Crippen LogP contribution in [0.3, 0.4) is 0 Å². The largest absolute Gasteiger partial charge is 1.00 e. The summed E-state index contributed by atoms with van der Waals surface area (Å²) in [5, 5.41) is 0. The maximum absolute atomic E-state index is 13.4. The predicted octanol–water partition coefficient (Wildman–Crippen LogP) is 1.09. The quantitative estimate of drug-likeness (QED) is 0.584. The Morgan fingerprint density at radius 3 is 2.50 bits per heavy atom. The first-order valence-electron chi connectivity index (χ1n) is 6.67. The molecular formula is C13H14BF6KO. The molecule has 0 amide bonds. The molecule has 0 radical (unpaired) electrons. The van der Waals surface area contributed by atoms with Crippen LogP contribution in [0.25, 0.3) is 0 Å². The third-order valence-electron chi connectivity index (χ3n) is 3.55. The van der Waals surface area contributed by atoms with Crippen molar-refractivity contribution in [2.24, 2.45) is 5.92 Å². The number of hydrogen-bond acceptors (Lipinski definition) is 1. The van der Waals surface area contributed by atoms with E-state index in [4.69, 9.17) is 4.74 Å². The molecule has 2 rings (SSSR count). The number of alkyl halides is 2. The van der Waals surface area contributed by atoms with Crippen LogP contribution in [-0.2, 0) is 0 Å². The van der Waals surface area contributed by atoms with Crippen molar-refractivity contribution < 1.29 is 82.2 Å². The molecule has 1 atom stereocenters. The molecule has 0 spiro atoms. The zero-order chi connectivity index (χ0) is 15.7. The van der Waals surface area contributed by atoms with Crippen molar-refractivity contribution in [1.82, 2.24) is 0 Å². The van der Waals surface area contributed by atoms with Gasteiger partial charge in [-0.2, -0.15) is 0 Å². The van der Waals surface area contributed by atoms with E-state index in [-0.39, 0.29) is 70.8 Å². The van der Waals surface area contributed by atoms with Crippen LogP contribution in [0, 0.1) is 11.7 Å². The summed E-state index contributed by atoms with van der Waals surface area (Å²) in [6.07, 6.45) is 0.261. The molecule has 0 N–H and O–H groups in total. The SMILES string of the molecule is Fc1ccc([B-](F)(F)F)cc1OCC1CCCC(F)(F)C1.[K+]. The normalized spacial score (nSPS) is 21.1. The van der Waals surface area contributed by atoms with Crippen LogP contribution < -0.4 is 61.6 Å². The van der Waals surface area contributed by atoms with Crippen LogP contribution in [0.4, 0.5) is 26.1 Å². The number of hydrogen-bond donors (Lipinski definition) is 0. The van der Waals surface area contributed by atoms with Gasteiger partial charge in [-0.1, -0.05) is 6.07 Å². The van der Waals surface area contributed by atoms with Gasteiger partial charge in [-0.3, -0.25) is 0 Å². The molecule has 0 aliphatic heterocycles. The second kappa shape index (κ2) is 7.92. The van der Waals surface area contributed by atoms with Crippen molar-refractivity contribution in [2.75, 3.05) is 6.61 Å². The molecule has 0 bridgehead atoms. The summed E-state index contributed by atoms with van der Waals surface area (Å²) in [6, 6.07) is 1.89.